The molecule has 166 valence electrons. The Balaban J connectivity index is 0.000000266. The van der Waals surface area contributed by atoms with Crippen molar-refractivity contribution in [1.82, 2.24) is 10.6 Å². The summed E-state index contributed by atoms with van der Waals surface area (Å²) in [6, 6.07) is 15.0. The normalized spacial score (nSPS) is 16.5. The van der Waals surface area contributed by atoms with Crippen molar-refractivity contribution in [3.8, 4) is 0 Å². The van der Waals surface area contributed by atoms with Gasteiger partial charge in [-0.05, 0) is 36.4 Å². The first-order valence-electron chi connectivity index (χ1n) is 10.7. The van der Waals surface area contributed by atoms with Gasteiger partial charge in [0.2, 0.25) is 0 Å². The molecule has 0 unspecified atom stereocenters. The zero-order chi connectivity index (χ0) is 22.2. The van der Waals surface area contributed by atoms with Crippen LogP contribution in [0.5, 0.6) is 0 Å². The maximum Gasteiger partial charge on any atom is 0.252 e. The number of carbonyl (C=O) groups is 2. The van der Waals surface area contributed by atoms with Gasteiger partial charge in [0.05, 0.1) is 12.6 Å². The lowest BCUT2D eigenvalue weighted by atomic mass is 10.1. The van der Waals surface area contributed by atoms with Gasteiger partial charge in [0.25, 0.3) is 5.91 Å². The topological polar surface area (TPSA) is 80.0 Å². The van der Waals surface area contributed by atoms with E-state index in [1.807, 2.05) is 14.0 Å². The molecule has 0 radical (unpaired) electrons. The quantitative estimate of drug-likeness (QED) is 0.372. The molecule has 2 atom stereocenters. The van der Waals surface area contributed by atoms with E-state index in [1.165, 1.54) is 22.8 Å². The molecule has 1 fully saturated rings. The number of nitrogens with one attached hydrogen (secondary N) is 2. The lowest BCUT2D eigenvalue weighted by Gasteiger charge is -2.02. The third-order valence-electron chi connectivity index (χ3n) is 4.15. The van der Waals surface area contributed by atoms with Crippen LogP contribution in [0.2, 0.25) is 0 Å². The Bertz CT molecular complexity index is 751. The van der Waals surface area contributed by atoms with Gasteiger partial charge in [0.15, 0.2) is 6.10 Å². The van der Waals surface area contributed by atoms with Gasteiger partial charge in [-0.3, -0.25) is 4.79 Å². The van der Waals surface area contributed by atoms with Crippen molar-refractivity contribution in [3.63, 3.8) is 0 Å². The molecule has 0 spiro atoms. The largest absolute Gasteiger partial charge is 0.382 e. The zero-order valence-corrected chi connectivity index (χ0v) is 18.6. The van der Waals surface area contributed by atoms with E-state index >= 15 is 0 Å². The zero-order valence-electron chi connectivity index (χ0n) is 18.6. The number of hydrogen-bond acceptors (Lipinski definition) is 5. The van der Waals surface area contributed by atoms with E-state index in [2.05, 4.69) is 66.9 Å². The first kappa shape index (κ1) is 25.8. The van der Waals surface area contributed by atoms with E-state index in [4.69, 9.17) is 9.47 Å². The van der Waals surface area contributed by atoms with Gasteiger partial charge in [-0.1, -0.05) is 56.7 Å². The minimum absolute atomic E-state index is 0.0341. The fourth-order valence-corrected chi connectivity index (χ4v) is 2.73. The molecular formula is C24H36N2O4. The first-order chi connectivity index (χ1) is 14.6. The van der Waals surface area contributed by atoms with Crippen LogP contribution in [0.3, 0.4) is 0 Å². The maximum absolute atomic E-state index is 11.2. The number of epoxide rings is 1. The van der Waals surface area contributed by atoms with Gasteiger partial charge >= 0.3 is 0 Å². The van der Waals surface area contributed by atoms with Crippen LogP contribution in [0.25, 0.3) is 10.8 Å². The van der Waals surface area contributed by atoms with Gasteiger partial charge in [-0.2, -0.15) is 0 Å². The summed E-state index contributed by atoms with van der Waals surface area (Å²) in [4.78, 5) is 21.1. The molecule has 1 aliphatic heterocycles. The molecule has 1 saturated heterocycles. The van der Waals surface area contributed by atoms with Crippen molar-refractivity contribution in [1.29, 1.82) is 0 Å². The molecule has 3 rings (SSSR count). The van der Waals surface area contributed by atoms with Crippen LogP contribution >= 0.6 is 0 Å². The molecule has 2 aromatic carbocycles. The second kappa shape index (κ2) is 15.5. The summed E-state index contributed by atoms with van der Waals surface area (Å²) in [5.74, 6) is -0.210. The molecule has 0 aliphatic carbocycles. The van der Waals surface area contributed by atoms with Crippen molar-refractivity contribution in [2.45, 2.75) is 52.4 Å². The molecule has 1 amide bonds. The standard InChI is InChI=1S/C12H13N.C9H15NO4.C3H8/c1-13-9-10-6-7-11-4-2-3-5-12(11)8-10;1-2-13-6-3-7-8(14-7)9(12)10-4-5-11;1-3-2/h2-8,13H,9H2,1H3;5,7-8H,2-4,6H2,1H3,(H,10,12);3H2,1-2H3/t;7-,8+;/m.0./s1. The Kier molecular flexibility index (Phi) is 13.3. The lowest BCUT2D eigenvalue weighted by molar-refractivity contribution is -0.123. The summed E-state index contributed by atoms with van der Waals surface area (Å²) < 4.78 is 10.2. The molecule has 30 heavy (non-hydrogen) atoms. The number of amides is 1. The monoisotopic (exact) mass is 416 g/mol. The maximum atomic E-state index is 11.2. The molecule has 1 heterocycles. The van der Waals surface area contributed by atoms with Gasteiger partial charge in [-0.25, -0.2) is 0 Å². The predicted molar refractivity (Wildman–Crippen MR) is 122 cm³/mol. The van der Waals surface area contributed by atoms with Crippen LogP contribution in [-0.2, 0) is 25.6 Å². The number of hydrogen-bond donors (Lipinski definition) is 2. The van der Waals surface area contributed by atoms with Gasteiger partial charge < -0.3 is 24.9 Å². The summed E-state index contributed by atoms with van der Waals surface area (Å²) in [6.45, 7) is 8.44. The summed E-state index contributed by atoms with van der Waals surface area (Å²) in [5.41, 5.74) is 1.33. The van der Waals surface area contributed by atoms with E-state index in [0.717, 1.165) is 13.0 Å². The summed E-state index contributed by atoms with van der Waals surface area (Å²) in [5, 5.41) is 8.21. The second-order valence-electron chi connectivity index (χ2n) is 6.91. The Labute approximate surface area is 180 Å². The molecule has 0 aromatic heterocycles. The molecular weight excluding hydrogens is 380 g/mol. The van der Waals surface area contributed by atoms with Crippen LogP contribution in [-0.4, -0.2) is 51.2 Å². The molecule has 1 aliphatic rings. The highest BCUT2D eigenvalue weighted by molar-refractivity contribution is 5.85. The fraction of sp³-hybridized carbons (Fsp3) is 0.500. The van der Waals surface area contributed by atoms with Gasteiger partial charge in [0.1, 0.15) is 6.29 Å². The molecule has 0 bridgehead atoms. The smallest absolute Gasteiger partial charge is 0.252 e. The number of fused-ring (bicyclic) bond motifs is 1. The van der Waals surface area contributed by atoms with Crippen molar-refractivity contribution in [3.05, 3.63) is 48.0 Å². The Hall–Kier alpha value is -2.28. The minimum atomic E-state index is -0.379. The number of aldehydes is 1. The molecule has 2 aromatic rings. The van der Waals surface area contributed by atoms with Gasteiger partial charge in [-0.15, -0.1) is 0 Å². The highest BCUT2D eigenvalue weighted by Gasteiger charge is 2.44. The molecule has 6 nitrogen and oxygen atoms in total. The van der Waals surface area contributed by atoms with Crippen molar-refractivity contribution >= 4 is 23.0 Å². The highest BCUT2D eigenvalue weighted by atomic mass is 16.6. The predicted octanol–water partition coefficient (Wildman–Crippen LogP) is 3.47. The van der Waals surface area contributed by atoms with Crippen LogP contribution in [0.4, 0.5) is 0 Å². The van der Waals surface area contributed by atoms with E-state index in [9.17, 15) is 9.59 Å². The fourth-order valence-electron chi connectivity index (χ4n) is 2.73. The summed E-state index contributed by atoms with van der Waals surface area (Å²) >= 11 is 0. The second-order valence-corrected chi connectivity index (χ2v) is 6.91. The SMILES string of the molecule is CCC.CCOCC[C@@H]1O[C@H]1C(=O)NCC=O.CNCc1ccc2ccccc2c1. The molecule has 2 N–H and O–H groups in total. The van der Waals surface area contributed by atoms with Crippen LogP contribution in [0.1, 0.15) is 39.2 Å². The first-order valence-corrected chi connectivity index (χ1v) is 10.7. The van der Waals surface area contributed by atoms with E-state index < -0.39 is 0 Å². The average Bonchev–Trinajstić information content (AvgIpc) is 3.53. The van der Waals surface area contributed by atoms with E-state index in [-0.39, 0.29) is 24.7 Å². The highest BCUT2D eigenvalue weighted by Crippen LogP contribution is 2.25. The van der Waals surface area contributed by atoms with Crippen LogP contribution in [0, 0.1) is 0 Å². The van der Waals surface area contributed by atoms with E-state index in [0.29, 0.717) is 19.5 Å². The van der Waals surface area contributed by atoms with Crippen molar-refractivity contribution in [2.75, 3.05) is 26.8 Å². The van der Waals surface area contributed by atoms with Gasteiger partial charge in [0, 0.05) is 26.2 Å². The van der Waals surface area contributed by atoms with E-state index in [1.54, 1.807) is 0 Å². The molecule has 6 heteroatoms. The summed E-state index contributed by atoms with van der Waals surface area (Å²) in [7, 11) is 1.97. The Morgan fingerprint density at radius 2 is 1.83 bits per heavy atom. The number of carbonyl (C=O) groups excluding carboxylic acids is 2. The van der Waals surface area contributed by atoms with Crippen molar-refractivity contribution < 1.29 is 19.1 Å². The van der Waals surface area contributed by atoms with Crippen molar-refractivity contribution in [2.24, 2.45) is 0 Å². The number of rotatable bonds is 9. The number of benzene rings is 2. The summed E-state index contributed by atoms with van der Waals surface area (Å²) in [6.07, 6.45) is 2.21. The Morgan fingerprint density at radius 3 is 2.47 bits per heavy atom. The van der Waals surface area contributed by atoms with Crippen LogP contribution < -0.4 is 10.6 Å². The Morgan fingerprint density at radius 1 is 1.13 bits per heavy atom. The number of ether oxygens (including phenoxy) is 2. The van der Waals surface area contributed by atoms with Crippen LogP contribution in [0.15, 0.2) is 42.5 Å². The average molecular weight is 417 g/mol. The molecule has 0 saturated carbocycles. The minimum Gasteiger partial charge on any atom is -0.382 e. The third kappa shape index (κ3) is 9.96. The third-order valence-corrected chi connectivity index (χ3v) is 4.15. The lowest BCUT2D eigenvalue weighted by Crippen LogP contribution is -2.30.